The molecule has 0 fully saturated rings. The third kappa shape index (κ3) is 3.56. The first-order valence-corrected chi connectivity index (χ1v) is 9.39. The molecule has 0 bridgehead atoms. The first-order chi connectivity index (χ1) is 13.0. The molecule has 0 radical (unpaired) electrons. The number of hydrogen-bond acceptors (Lipinski definition) is 3. The Bertz CT molecular complexity index is 1220. The molecule has 5 nitrogen and oxygen atoms in total. The summed E-state index contributed by atoms with van der Waals surface area (Å²) in [4.78, 5) is 0. The minimum atomic E-state index is 0.461. The minimum absolute atomic E-state index is 0.461. The van der Waals surface area contributed by atoms with Crippen LogP contribution < -0.4 is 0 Å². The van der Waals surface area contributed by atoms with Crippen LogP contribution in [0.2, 0.25) is 10.0 Å². The third-order valence-corrected chi connectivity index (χ3v) is 5.28. The number of H-pyrrole nitrogens is 1. The number of aromatic amines is 1. The van der Waals surface area contributed by atoms with Crippen molar-refractivity contribution in [2.75, 3.05) is 0 Å². The Labute approximate surface area is 170 Å². The van der Waals surface area contributed by atoms with Gasteiger partial charge >= 0.3 is 0 Å². The highest BCUT2D eigenvalue weighted by atomic mass is 35.5. The van der Waals surface area contributed by atoms with E-state index in [2.05, 4.69) is 38.2 Å². The highest BCUT2D eigenvalue weighted by molar-refractivity contribution is 7.71. The van der Waals surface area contributed by atoms with Gasteiger partial charge in [-0.05, 0) is 42.9 Å². The summed E-state index contributed by atoms with van der Waals surface area (Å²) < 4.78 is 4.22. The highest BCUT2D eigenvalue weighted by Gasteiger charge is 2.08. The predicted molar refractivity (Wildman–Crippen MR) is 113 cm³/mol. The SMILES string of the molecule is Cc1n[nH]c(=S)n1/N=C\c1cn(Cc2ccc(Cl)c(Cl)c2)c2ccccc12. The number of fused-ring (bicyclic) bond motifs is 1. The lowest BCUT2D eigenvalue weighted by atomic mass is 10.2. The van der Waals surface area contributed by atoms with Gasteiger partial charge in [-0.15, -0.1) is 0 Å². The van der Waals surface area contributed by atoms with Crippen molar-refractivity contribution in [2.24, 2.45) is 5.10 Å². The first-order valence-electron chi connectivity index (χ1n) is 8.23. The molecule has 0 saturated heterocycles. The van der Waals surface area contributed by atoms with Crippen molar-refractivity contribution in [3.05, 3.63) is 80.4 Å². The van der Waals surface area contributed by atoms with Crippen molar-refractivity contribution >= 4 is 52.5 Å². The molecule has 0 saturated carbocycles. The lowest BCUT2D eigenvalue weighted by Gasteiger charge is -2.06. The van der Waals surface area contributed by atoms with Gasteiger partial charge in [-0.2, -0.15) is 14.9 Å². The number of halogens is 2. The molecule has 4 rings (SSSR count). The lowest BCUT2D eigenvalue weighted by Crippen LogP contribution is -1.98. The molecule has 2 aromatic carbocycles. The molecule has 8 heteroatoms. The summed E-state index contributed by atoms with van der Waals surface area (Å²) >= 11 is 17.4. The molecule has 2 heterocycles. The van der Waals surface area contributed by atoms with Crippen molar-refractivity contribution in [3.63, 3.8) is 0 Å². The van der Waals surface area contributed by atoms with E-state index in [-0.39, 0.29) is 0 Å². The largest absolute Gasteiger partial charge is 0.342 e. The predicted octanol–water partition coefficient (Wildman–Crippen LogP) is 5.44. The summed E-state index contributed by atoms with van der Waals surface area (Å²) in [5.41, 5.74) is 3.17. The number of hydrogen-bond donors (Lipinski definition) is 1. The van der Waals surface area contributed by atoms with Gasteiger partial charge in [0.05, 0.1) is 16.3 Å². The van der Waals surface area contributed by atoms with Crippen molar-refractivity contribution in [3.8, 4) is 0 Å². The second kappa shape index (κ2) is 7.31. The molecular formula is C19H15Cl2N5S. The number of aromatic nitrogens is 4. The summed E-state index contributed by atoms with van der Waals surface area (Å²) in [7, 11) is 0. The van der Waals surface area contributed by atoms with Crippen LogP contribution in [0, 0.1) is 11.7 Å². The number of aryl methyl sites for hydroxylation is 1. The van der Waals surface area contributed by atoms with Gasteiger partial charge in [-0.3, -0.25) is 5.10 Å². The van der Waals surface area contributed by atoms with Gasteiger partial charge in [0.1, 0.15) is 5.82 Å². The topological polar surface area (TPSA) is 50.9 Å². The molecule has 0 aliphatic rings. The van der Waals surface area contributed by atoms with Gasteiger partial charge in [0.15, 0.2) is 0 Å². The van der Waals surface area contributed by atoms with Crippen LogP contribution in [0.15, 0.2) is 53.8 Å². The number of para-hydroxylation sites is 1. The highest BCUT2D eigenvalue weighted by Crippen LogP contribution is 2.25. The molecule has 0 unspecified atom stereocenters. The van der Waals surface area contributed by atoms with E-state index in [9.17, 15) is 0 Å². The van der Waals surface area contributed by atoms with Crippen LogP contribution in [0.25, 0.3) is 10.9 Å². The van der Waals surface area contributed by atoms with Crippen LogP contribution in [-0.2, 0) is 6.54 Å². The summed E-state index contributed by atoms with van der Waals surface area (Å²) in [5, 5.41) is 13.5. The molecule has 0 amide bonds. The van der Waals surface area contributed by atoms with E-state index in [1.807, 2.05) is 37.3 Å². The Morgan fingerprint density at radius 2 is 2.00 bits per heavy atom. The molecular weight excluding hydrogens is 401 g/mol. The molecule has 0 atom stereocenters. The number of rotatable bonds is 4. The van der Waals surface area contributed by atoms with Crippen LogP contribution in [0.5, 0.6) is 0 Å². The van der Waals surface area contributed by atoms with E-state index in [0.717, 1.165) is 22.0 Å². The molecule has 0 aliphatic carbocycles. The fourth-order valence-electron chi connectivity index (χ4n) is 2.97. The molecule has 2 aromatic heterocycles. The molecule has 4 aromatic rings. The van der Waals surface area contributed by atoms with Gasteiger partial charge in [0.25, 0.3) is 0 Å². The number of benzene rings is 2. The van der Waals surface area contributed by atoms with Crippen LogP contribution in [0.1, 0.15) is 17.0 Å². The maximum Gasteiger partial charge on any atom is 0.216 e. The van der Waals surface area contributed by atoms with Gasteiger partial charge in [-0.1, -0.05) is 47.5 Å². The zero-order chi connectivity index (χ0) is 19.0. The van der Waals surface area contributed by atoms with E-state index in [1.165, 1.54) is 0 Å². The Balaban J connectivity index is 1.75. The summed E-state index contributed by atoms with van der Waals surface area (Å²) in [6.45, 7) is 2.52. The first kappa shape index (κ1) is 18.0. The van der Waals surface area contributed by atoms with Crippen LogP contribution in [-0.4, -0.2) is 25.7 Å². The second-order valence-electron chi connectivity index (χ2n) is 6.11. The smallest absolute Gasteiger partial charge is 0.216 e. The number of nitrogens with one attached hydrogen (secondary N) is 1. The Hall–Kier alpha value is -2.41. The zero-order valence-electron chi connectivity index (χ0n) is 14.4. The van der Waals surface area contributed by atoms with Crippen molar-refractivity contribution in [1.29, 1.82) is 0 Å². The fraction of sp³-hybridized carbons (Fsp3) is 0.105. The van der Waals surface area contributed by atoms with Crippen molar-refractivity contribution in [1.82, 2.24) is 19.4 Å². The lowest BCUT2D eigenvalue weighted by molar-refractivity contribution is 0.819. The van der Waals surface area contributed by atoms with Crippen LogP contribution in [0.4, 0.5) is 0 Å². The average Bonchev–Trinajstić information content (AvgIpc) is 3.17. The van der Waals surface area contributed by atoms with Gasteiger partial charge in [0.2, 0.25) is 4.77 Å². The van der Waals surface area contributed by atoms with E-state index in [4.69, 9.17) is 35.4 Å². The Kier molecular flexibility index (Phi) is 4.86. The number of nitrogens with zero attached hydrogens (tertiary/aromatic N) is 4. The quantitative estimate of drug-likeness (QED) is 0.356. The van der Waals surface area contributed by atoms with E-state index in [0.29, 0.717) is 27.2 Å². The molecule has 0 spiro atoms. The van der Waals surface area contributed by atoms with Gasteiger partial charge in [-0.25, -0.2) is 0 Å². The Morgan fingerprint density at radius 3 is 2.74 bits per heavy atom. The monoisotopic (exact) mass is 415 g/mol. The Morgan fingerprint density at radius 1 is 1.19 bits per heavy atom. The second-order valence-corrected chi connectivity index (χ2v) is 7.31. The normalized spacial score (nSPS) is 11.7. The third-order valence-electron chi connectivity index (χ3n) is 4.28. The maximum absolute atomic E-state index is 6.16. The van der Waals surface area contributed by atoms with Crippen LogP contribution in [0.3, 0.4) is 0 Å². The maximum atomic E-state index is 6.16. The van der Waals surface area contributed by atoms with Gasteiger partial charge in [0, 0.05) is 29.2 Å². The molecule has 0 aliphatic heterocycles. The fourth-order valence-corrected chi connectivity index (χ4v) is 3.52. The van der Waals surface area contributed by atoms with E-state index >= 15 is 0 Å². The molecule has 1 N–H and O–H groups in total. The average molecular weight is 416 g/mol. The van der Waals surface area contributed by atoms with Crippen molar-refractivity contribution in [2.45, 2.75) is 13.5 Å². The minimum Gasteiger partial charge on any atom is -0.342 e. The van der Waals surface area contributed by atoms with E-state index < -0.39 is 0 Å². The molecule has 136 valence electrons. The van der Waals surface area contributed by atoms with Crippen LogP contribution >= 0.6 is 35.4 Å². The van der Waals surface area contributed by atoms with Gasteiger partial charge < -0.3 is 4.57 Å². The summed E-state index contributed by atoms with van der Waals surface area (Å²) in [5.74, 6) is 0.704. The van der Waals surface area contributed by atoms with E-state index in [1.54, 1.807) is 10.9 Å². The summed E-state index contributed by atoms with van der Waals surface area (Å²) in [6, 6.07) is 13.9. The standard InChI is InChI=1S/C19H15Cl2N5S/c1-12-23-24-19(27)26(12)22-9-14-11-25(18-5-3-2-4-15(14)18)10-13-6-7-16(20)17(21)8-13/h2-9,11H,10H2,1H3,(H,24,27)/b22-9-. The molecule has 27 heavy (non-hydrogen) atoms. The zero-order valence-corrected chi connectivity index (χ0v) is 16.7. The summed E-state index contributed by atoms with van der Waals surface area (Å²) in [6.07, 6.45) is 3.86. The van der Waals surface area contributed by atoms with Crippen molar-refractivity contribution < 1.29 is 0 Å².